The lowest BCUT2D eigenvalue weighted by molar-refractivity contribution is 0.0605. The van der Waals surface area contributed by atoms with E-state index in [-0.39, 0.29) is 18.6 Å². The van der Waals surface area contributed by atoms with Crippen molar-refractivity contribution >= 4 is 5.91 Å². The van der Waals surface area contributed by atoms with Crippen molar-refractivity contribution in [2.45, 2.75) is 31.9 Å². The van der Waals surface area contributed by atoms with Crippen LogP contribution in [0.1, 0.15) is 47.2 Å². The van der Waals surface area contributed by atoms with E-state index in [1.54, 1.807) is 6.20 Å². The van der Waals surface area contributed by atoms with Crippen LogP contribution < -0.4 is 4.74 Å². The standard InChI is InChI=1S/C21H21N3O3/c25-21(24-12-5-4-10-19(24)16-7-6-11-22-13-16)18-14-27-20(23-18)15-26-17-8-2-1-3-9-17/h1-3,6-9,11,13-14,19H,4-5,10,12,15H2. The van der Waals surface area contributed by atoms with Crippen molar-refractivity contribution in [3.05, 3.63) is 78.3 Å². The second-order valence-corrected chi connectivity index (χ2v) is 6.52. The maximum Gasteiger partial charge on any atom is 0.276 e. The Morgan fingerprint density at radius 3 is 2.89 bits per heavy atom. The van der Waals surface area contributed by atoms with Crippen LogP contribution in [-0.4, -0.2) is 27.3 Å². The van der Waals surface area contributed by atoms with Crippen molar-refractivity contribution in [1.29, 1.82) is 0 Å². The zero-order valence-electron chi connectivity index (χ0n) is 15.0. The number of pyridine rings is 1. The van der Waals surface area contributed by atoms with Crippen molar-refractivity contribution in [3.63, 3.8) is 0 Å². The van der Waals surface area contributed by atoms with Gasteiger partial charge in [-0.05, 0) is 43.0 Å². The minimum Gasteiger partial charge on any atom is -0.484 e. The van der Waals surface area contributed by atoms with E-state index >= 15 is 0 Å². The van der Waals surface area contributed by atoms with E-state index in [1.807, 2.05) is 53.6 Å². The van der Waals surface area contributed by atoms with E-state index in [0.29, 0.717) is 18.1 Å². The molecule has 0 bridgehead atoms. The summed E-state index contributed by atoms with van der Waals surface area (Å²) in [5.41, 5.74) is 1.37. The van der Waals surface area contributed by atoms with Gasteiger partial charge in [0.25, 0.3) is 5.91 Å². The van der Waals surface area contributed by atoms with Crippen LogP contribution in [0.15, 0.2) is 65.5 Å². The number of carbonyl (C=O) groups is 1. The lowest BCUT2D eigenvalue weighted by Crippen LogP contribution is -2.38. The van der Waals surface area contributed by atoms with Crippen LogP contribution in [0.25, 0.3) is 0 Å². The Morgan fingerprint density at radius 1 is 1.19 bits per heavy atom. The predicted octanol–water partition coefficient (Wildman–Crippen LogP) is 4.02. The molecule has 1 amide bonds. The first-order chi connectivity index (χ1) is 13.3. The first kappa shape index (κ1) is 17.3. The lowest BCUT2D eigenvalue weighted by Gasteiger charge is -2.35. The number of ether oxygens (including phenoxy) is 1. The van der Waals surface area contributed by atoms with Gasteiger partial charge in [0.1, 0.15) is 12.0 Å². The Kier molecular flexibility index (Phi) is 5.14. The van der Waals surface area contributed by atoms with Crippen LogP contribution in [0.2, 0.25) is 0 Å². The highest BCUT2D eigenvalue weighted by molar-refractivity contribution is 5.92. The Morgan fingerprint density at radius 2 is 2.07 bits per heavy atom. The Bertz CT molecular complexity index is 880. The third-order valence-corrected chi connectivity index (χ3v) is 4.71. The fourth-order valence-electron chi connectivity index (χ4n) is 3.38. The Hall–Kier alpha value is -3.15. The van der Waals surface area contributed by atoms with Crippen LogP contribution in [0.5, 0.6) is 5.75 Å². The molecule has 0 saturated carbocycles. The molecule has 3 heterocycles. The van der Waals surface area contributed by atoms with Crippen LogP contribution in [-0.2, 0) is 6.61 Å². The van der Waals surface area contributed by atoms with Crippen molar-refractivity contribution in [2.75, 3.05) is 6.54 Å². The van der Waals surface area contributed by atoms with Crippen molar-refractivity contribution < 1.29 is 13.9 Å². The summed E-state index contributed by atoms with van der Waals surface area (Å²) in [7, 11) is 0. The molecule has 3 aromatic rings. The van der Waals surface area contributed by atoms with Crippen LogP contribution >= 0.6 is 0 Å². The second-order valence-electron chi connectivity index (χ2n) is 6.52. The summed E-state index contributed by atoms with van der Waals surface area (Å²) >= 11 is 0. The average molecular weight is 363 g/mol. The van der Waals surface area contributed by atoms with Crippen molar-refractivity contribution in [3.8, 4) is 5.75 Å². The summed E-state index contributed by atoms with van der Waals surface area (Å²) in [6.07, 6.45) is 8.01. The van der Waals surface area contributed by atoms with E-state index in [2.05, 4.69) is 9.97 Å². The molecule has 6 heteroatoms. The molecule has 1 saturated heterocycles. The van der Waals surface area contributed by atoms with Gasteiger partial charge in [0.2, 0.25) is 5.89 Å². The highest BCUT2D eigenvalue weighted by Crippen LogP contribution is 2.31. The molecule has 0 aliphatic carbocycles. The van der Waals surface area contributed by atoms with Crippen LogP contribution in [0, 0.1) is 0 Å². The molecule has 1 unspecified atom stereocenters. The third-order valence-electron chi connectivity index (χ3n) is 4.71. The number of oxazole rings is 1. The summed E-state index contributed by atoms with van der Waals surface area (Å²) in [5.74, 6) is 1.01. The minimum atomic E-state index is -0.113. The maximum atomic E-state index is 13.0. The van der Waals surface area contributed by atoms with Crippen molar-refractivity contribution in [2.24, 2.45) is 0 Å². The van der Waals surface area contributed by atoms with E-state index in [9.17, 15) is 4.79 Å². The summed E-state index contributed by atoms with van der Waals surface area (Å²) < 4.78 is 11.1. The molecule has 1 fully saturated rings. The second kappa shape index (κ2) is 8.03. The van der Waals surface area contributed by atoms with Gasteiger partial charge in [0.05, 0.1) is 6.04 Å². The van der Waals surface area contributed by atoms with E-state index < -0.39 is 0 Å². The molecule has 0 spiro atoms. The molecule has 2 aromatic heterocycles. The van der Waals surface area contributed by atoms with E-state index in [0.717, 1.165) is 30.6 Å². The molecule has 1 aliphatic rings. The molecule has 27 heavy (non-hydrogen) atoms. The van der Waals surface area contributed by atoms with Crippen LogP contribution in [0.4, 0.5) is 0 Å². The molecule has 1 atom stereocenters. The molecular weight excluding hydrogens is 342 g/mol. The van der Waals surface area contributed by atoms with E-state index in [1.165, 1.54) is 6.26 Å². The number of hydrogen-bond acceptors (Lipinski definition) is 5. The van der Waals surface area contributed by atoms with Gasteiger partial charge in [0, 0.05) is 18.9 Å². The number of amides is 1. The summed E-state index contributed by atoms with van der Waals surface area (Å²) in [6, 6.07) is 13.4. The quantitative estimate of drug-likeness (QED) is 0.685. The number of aromatic nitrogens is 2. The summed E-state index contributed by atoms with van der Waals surface area (Å²) in [5, 5.41) is 0. The fourth-order valence-corrected chi connectivity index (χ4v) is 3.38. The number of benzene rings is 1. The highest BCUT2D eigenvalue weighted by atomic mass is 16.5. The molecule has 6 nitrogen and oxygen atoms in total. The van der Waals surface area contributed by atoms with Gasteiger partial charge in [-0.15, -0.1) is 0 Å². The Labute approximate surface area is 157 Å². The first-order valence-corrected chi connectivity index (χ1v) is 9.14. The van der Waals surface area contributed by atoms with Gasteiger partial charge in [0.15, 0.2) is 12.3 Å². The molecule has 0 N–H and O–H groups in total. The number of hydrogen-bond donors (Lipinski definition) is 0. The first-order valence-electron chi connectivity index (χ1n) is 9.14. The number of piperidine rings is 1. The molecule has 1 aromatic carbocycles. The van der Waals surface area contributed by atoms with Gasteiger partial charge in [-0.2, -0.15) is 0 Å². The Balaban J connectivity index is 1.46. The fraction of sp³-hybridized carbons (Fsp3) is 0.286. The number of rotatable bonds is 5. The minimum absolute atomic E-state index is 0.0284. The molecule has 4 rings (SSSR count). The average Bonchev–Trinajstić information content (AvgIpc) is 3.22. The maximum absolute atomic E-state index is 13.0. The number of para-hydroxylation sites is 1. The van der Waals surface area contributed by atoms with Gasteiger partial charge < -0.3 is 14.1 Å². The van der Waals surface area contributed by atoms with E-state index in [4.69, 9.17) is 9.15 Å². The topological polar surface area (TPSA) is 68.5 Å². The zero-order valence-corrected chi connectivity index (χ0v) is 15.0. The number of carbonyl (C=O) groups excluding carboxylic acids is 1. The van der Waals surface area contributed by atoms with Gasteiger partial charge in [-0.25, -0.2) is 4.98 Å². The normalized spacial score (nSPS) is 16.9. The number of likely N-dealkylation sites (tertiary alicyclic amines) is 1. The molecule has 0 radical (unpaired) electrons. The van der Waals surface area contributed by atoms with Crippen LogP contribution in [0.3, 0.4) is 0 Å². The smallest absolute Gasteiger partial charge is 0.276 e. The predicted molar refractivity (Wildman–Crippen MR) is 99.1 cm³/mol. The molecule has 1 aliphatic heterocycles. The monoisotopic (exact) mass is 363 g/mol. The van der Waals surface area contributed by atoms with Gasteiger partial charge in [-0.3, -0.25) is 9.78 Å². The van der Waals surface area contributed by atoms with Gasteiger partial charge >= 0.3 is 0 Å². The summed E-state index contributed by atoms with van der Waals surface area (Å²) in [6.45, 7) is 0.893. The highest BCUT2D eigenvalue weighted by Gasteiger charge is 2.30. The third kappa shape index (κ3) is 4.00. The lowest BCUT2D eigenvalue weighted by atomic mass is 9.96. The SMILES string of the molecule is O=C(c1coc(COc2ccccc2)n1)N1CCCCC1c1cccnc1. The van der Waals surface area contributed by atoms with Crippen molar-refractivity contribution in [1.82, 2.24) is 14.9 Å². The number of nitrogens with zero attached hydrogens (tertiary/aromatic N) is 3. The largest absolute Gasteiger partial charge is 0.484 e. The zero-order chi connectivity index (χ0) is 18.5. The molecular formula is C21H21N3O3. The molecule has 138 valence electrons. The summed E-state index contributed by atoms with van der Waals surface area (Å²) in [4.78, 5) is 23.4. The van der Waals surface area contributed by atoms with Gasteiger partial charge in [-0.1, -0.05) is 24.3 Å².